The predicted octanol–water partition coefficient (Wildman–Crippen LogP) is 3.44. The van der Waals surface area contributed by atoms with Crippen molar-refractivity contribution >= 4 is 17.3 Å². The number of ether oxygens (including phenoxy) is 2. The van der Waals surface area contributed by atoms with Crippen LogP contribution in [0.2, 0.25) is 0 Å². The van der Waals surface area contributed by atoms with Gasteiger partial charge in [-0.3, -0.25) is 15.8 Å². The number of nitrogens with zero attached hydrogens (tertiary/aromatic N) is 1. The molecule has 0 spiro atoms. The topological polar surface area (TPSA) is 113 Å². The maximum Gasteiger partial charge on any atom is 0.205 e. The van der Waals surface area contributed by atoms with Crippen molar-refractivity contribution < 1.29 is 28.8 Å². The number of benzene rings is 2. The number of pyridine rings is 1. The molecule has 0 radical (unpaired) electrons. The third kappa shape index (κ3) is 6.63. The number of hydrogen-bond donors (Lipinski definition) is 4. The zero-order valence-corrected chi connectivity index (χ0v) is 20.4. The van der Waals surface area contributed by atoms with Gasteiger partial charge in [0.2, 0.25) is 11.6 Å². The van der Waals surface area contributed by atoms with E-state index in [1.54, 1.807) is 36.5 Å². The Morgan fingerprint density at radius 1 is 1.16 bits per heavy atom. The summed E-state index contributed by atoms with van der Waals surface area (Å²) < 4.78 is 39.0. The summed E-state index contributed by atoms with van der Waals surface area (Å²) in [5.41, 5.74) is 3.98. The maximum absolute atomic E-state index is 14.7. The number of allylic oxidation sites excluding steroid dienone is 1. The van der Waals surface area contributed by atoms with Crippen molar-refractivity contribution in [3.05, 3.63) is 95.3 Å². The SMILES string of the molecule is COC(=N)/C=C\C(=[NH2+])c1ccc(-c2cc(CNc3ccc([C@H]4C[C@@H]4COCO)nc3)c(F)cc2F)cc1. The largest absolute Gasteiger partial charge is 0.481 e. The summed E-state index contributed by atoms with van der Waals surface area (Å²) in [6, 6.07) is 13.1. The standard InChI is InChI=1S/C28H28F2N4O3/c1-36-28(32)9-7-26(31)18-4-2-17(3-5-18)22-10-19(24(29)12-25(22)30)13-33-21-6-8-27(34-14-21)23-11-20(23)15-37-16-35/h2-10,12,14,20,23,31-33,35H,11,13,15-16H2,1H3/p+1/b9-7-,31-26?,32-28?/t20-,23+/m1/s1. The lowest BCUT2D eigenvalue weighted by Gasteiger charge is -2.11. The van der Waals surface area contributed by atoms with Crippen LogP contribution in [0.25, 0.3) is 11.1 Å². The van der Waals surface area contributed by atoms with Gasteiger partial charge in [-0.1, -0.05) is 12.1 Å². The van der Waals surface area contributed by atoms with Gasteiger partial charge in [0.1, 0.15) is 18.4 Å². The molecular formula is C28H29F2N4O3+. The number of rotatable bonds is 11. The Morgan fingerprint density at radius 3 is 2.62 bits per heavy atom. The number of methoxy groups -OCH3 is 1. The second kappa shape index (κ2) is 11.9. The lowest BCUT2D eigenvalue weighted by molar-refractivity contribution is -0.111. The first-order chi connectivity index (χ1) is 17.9. The highest BCUT2D eigenvalue weighted by Crippen LogP contribution is 2.46. The Balaban J connectivity index is 1.41. The molecule has 1 aliphatic carbocycles. The van der Waals surface area contributed by atoms with Crippen LogP contribution in [0.3, 0.4) is 0 Å². The van der Waals surface area contributed by atoms with Crippen LogP contribution in [0.4, 0.5) is 14.5 Å². The molecule has 9 heteroatoms. The molecule has 1 aliphatic rings. The van der Waals surface area contributed by atoms with Crippen molar-refractivity contribution in [2.24, 2.45) is 5.92 Å². The first-order valence-corrected chi connectivity index (χ1v) is 11.8. The molecule has 5 N–H and O–H groups in total. The first-order valence-electron chi connectivity index (χ1n) is 11.8. The fourth-order valence-corrected chi connectivity index (χ4v) is 4.05. The normalized spacial score (nSPS) is 16.5. The Labute approximate surface area is 213 Å². The Bertz CT molecular complexity index is 1290. The van der Waals surface area contributed by atoms with Crippen molar-refractivity contribution in [2.75, 3.05) is 25.8 Å². The second-order valence-corrected chi connectivity index (χ2v) is 8.79. The molecule has 3 aromatic rings. The number of aromatic nitrogens is 1. The molecule has 2 aromatic carbocycles. The summed E-state index contributed by atoms with van der Waals surface area (Å²) >= 11 is 0. The van der Waals surface area contributed by atoms with Crippen LogP contribution < -0.4 is 10.7 Å². The van der Waals surface area contributed by atoms with Gasteiger partial charge in [0.25, 0.3) is 0 Å². The number of aliphatic hydroxyl groups excluding tert-OH is 1. The molecule has 7 nitrogen and oxygen atoms in total. The van der Waals surface area contributed by atoms with Crippen LogP contribution in [0, 0.1) is 23.0 Å². The van der Waals surface area contributed by atoms with Crippen LogP contribution in [-0.4, -0.2) is 42.2 Å². The molecule has 192 valence electrons. The van der Waals surface area contributed by atoms with E-state index in [9.17, 15) is 8.78 Å². The van der Waals surface area contributed by atoms with Crippen LogP contribution in [0.15, 0.2) is 66.9 Å². The molecule has 4 rings (SSSR count). The van der Waals surface area contributed by atoms with E-state index in [4.69, 9.17) is 25.4 Å². The van der Waals surface area contributed by atoms with Crippen LogP contribution in [0.1, 0.15) is 29.2 Å². The van der Waals surface area contributed by atoms with E-state index in [0.717, 1.165) is 23.9 Å². The summed E-state index contributed by atoms with van der Waals surface area (Å²) in [7, 11) is 1.40. The van der Waals surface area contributed by atoms with Crippen molar-refractivity contribution in [1.29, 1.82) is 5.41 Å². The summed E-state index contributed by atoms with van der Waals surface area (Å²) in [6.07, 6.45) is 5.66. The van der Waals surface area contributed by atoms with E-state index in [-0.39, 0.29) is 24.8 Å². The number of halogens is 2. The number of nitrogens with one attached hydrogen (secondary N) is 2. The van der Waals surface area contributed by atoms with E-state index in [1.165, 1.54) is 19.3 Å². The quantitative estimate of drug-likeness (QED) is 0.180. The number of aliphatic hydroxyl groups is 1. The lowest BCUT2D eigenvalue weighted by atomic mass is 9.99. The molecule has 0 unspecified atom stereocenters. The highest BCUT2D eigenvalue weighted by atomic mass is 19.1. The van der Waals surface area contributed by atoms with E-state index in [0.29, 0.717) is 40.8 Å². The third-order valence-electron chi connectivity index (χ3n) is 6.29. The van der Waals surface area contributed by atoms with E-state index in [1.807, 2.05) is 12.1 Å². The van der Waals surface area contributed by atoms with Gasteiger partial charge in [-0.15, -0.1) is 0 Å². The number of hydrogen-bond acceptors (Lipinski definition) is 6. The van der Waals surface area contributed by atoms with Gasteiger partial charge in [0.05, 0.1) is 25.6 Å². The van der Waals surface area contributed by atoms with Crippen LogP contribution in [0.5, 0.6) is 0 Å². The minimum Gasteiger partial charge on any atom is -0.481 e. The average Bonchev–Trinajstić information content (AvgIpc) is 3.70. The Morgan fingerprint density at radius 2 is 1.95 bits per heavy atom. The molecule has 0 saturated heterocycles. The van der Waals surface area contributed by atoms with Gasteiger partial charge in [-0.05, 0) is 48.2 Å². The van der Waals surface area contributed by atoms with Crippen molar-refractivity contribution in [2.45, 2.75) is 18.9 Å². The number of nitrogens with two attached hydrogens (primary N) is 1. The van der Waals surface area contributed by atoms with Gasteiger partial charge in [0.15, 0.2) is 0 Å². The van der Waals surface area contributed by atoms with Gasteiger partial charge in [0, 0.05) is 53.1 Å². The predicted molar refractivity (Wildman–Crippen MR) is 137 cm³/mol. The maximum atomic E-state index is 14.7. The van der Waals surface area contributed by atoms with Crippen molar-refractivity contribution in [3.63, 3.8) is 0 Å². The molecule has 0 aliphatic heterocycles. The summed E-state index contributed by atoms with van der Waals surface area (Å²) in [6.45, 7) is 0.394. The fraction of sp³-hybridized carbons (Fsp3) is 0.250. The monoisotopic (exact) mass is 507 g/mol. The van der Waals surface area contributed by atoms with Crippen LogP contribution >= 0.6 is 0 Å². The first kappa shape index (κ1) is 26.1. The molecule has 0 amide bonds. The minimum atomic E-state index is -0.658. The van der Waals surface area contributed by atoms with E-state index >= 15 is 0 Å². The van der Waals surface area contributed by atoms with Gasteiger partial charge < -0.3 is 19.9 Å². The Hall–Kier alpha value is -3.95. The summed E-state index contributed by atoms with van der Waals surface area (Å²) in [4.78, 5) is 4.49. The van der Waals surface area contributed by atoms with E-state index in [2.05, 4.69) is 10.3 Å². The molecule has 0 bridgehead atoms. The molecule has 1 aromatic heterocycles. The summed E-state index contributed by atoms with van der Waals surface area (Å²) in [5, 5.41) is 25.4. The van der Waals surface area contributed by atoms with Gasteiger partial charge >= 0.3 is 0 Å². The third-order valence-corrected chi connectivity index (χ3v) is 6.29. The zero-order chi connectivity index (χ0) is 26.4. The second-order valence-electron chi connectivity index (χ2n) is 8.79. The fourth-order valence-electron chi connectivity index (χ4n) is 4.05. The summed E-state index contributed by atoms with van der Waals surface area (Å²) in [5.74, 6) is -0.624. The Kier molecular flexibility index (Phi) is 8.37. The molecule has 1 fully saturated rings. The van der Waals surface area contributed by atoms with Gasteiger partial charge in [-0.25, -0.2) is 8.78 Å². The van der Waals surface area contributed by atoms with E-state index < -0.39 is 11.6 Å². The highest BCUT2D eigenvalue weighted by molar-refractivity contribution is 6.07. The van der Waals surface area contributed by atoms with Crippen LogP contribution in [-0.2, 0) is 16.0 Å². The van der Waals surface area contributed by atoms with Crippen molar-refractivity contribution in [3.8, 4) is 11.1 Å². The molecule has 2 atom stereocenters. The molecule has 1 heterocycles. The average molecular weight is 508 g/mol. The molecule has 37 heavy (non-hydrogen) atoms. The number of anilines is 1. The lowest BCUT2D eigenvalue weighted by Crippen LogP contribution is -2.39. The molecule has 1 saturated carbocycles. The van der Waals surface area contributed by atoms with Crippen molar-refractivity contribution in [1.82, 2.24) is 4.98 Å². The van der Waals surface area contributed by atoms with Gasteiger partial charge in [-0.2, -0.15) is 0 Å². The highest BCUT2D eigenvalue weighted by Gasteiger charge is 2.39. The zero-order valence-electron chi connectivity index (χ0n) is 20.4. The smallest absolute Gasteiger partial charge is 0.205 e. The minimum absolute atomic E-state index is 0.0262. The molecular weight excluding hydrogens is 478 g/mol.